The molecule has 1 aliphatic carbocycles. The van der Waals surface area contributed by atoms with Crippen LogP contribution in [0.25, 0.3) is 17.3 Å². The van der Waals surface area contributed by atoms with Gasteiger partial charge in [-0.15, -0.1) is 0 Å². The van der Waals surface area contributed by atoms with Crippen LogP contribution in [0.3, 0.4) is 0 Å². The third kappa shape index (κ3) is 3.48. The molecule has 1 heterocycles. The zero-order valence-corrected chi connectivity index (χ0v) is 15.7. The zero-order valence-electron chi connectivity index (χ0n) is 15.7. The van der Waals surface area contributed by atoms with E-state index >= 15 is 0 Å². The van der Waals surface area contributed by atoms with Crippen molar-refractivity contribution in [2.75, 3.05) is 6.61 Å². The Kier molecular flexibility index (Phi) is 5.06. The Bertz CT molecular complexity index is 1020. The second-order valence-corrected chi connectivity index (χ2v) is 6.72. The summed E-state index contributed by atoms with van der Waals surface area (Å²) < 4.78 is 20.4. The predicted octanol–water partition coefficient (Wildman–Crippen LogP) is 5.07. The van der Waals surface area contributed by atoms with E-state index in [2.05, 4.69) is 11.2 Å². The van der Waals surface area contributed by atoms with Crippen molar-refractivity contribution in [3.05, 3.63) is 82.9 Å². The molecule has 0 saturated heterocycles. The number of hydrogen-bond donors (Lipinski definition) is 0. The van der Waals surface area contributed by atoms with Gasteiger partial charge < -0.3 is 4.74 Å². The number of nitrogens with zero attached hydrogens (tertiary/aromatic N) is 2. The molecule has 4 nitrogen and oxygen atoms in total. The fourth-order valence-electron chi connectivity index (χ4n) is 3.61. The van der Waals surface area contributed by atoms with Crippen LogP contribution in [0.1, 0.15) is 47.1 Å². The average Bonchev–Trinajstić information content (AvgIpc) is 3.10. The van der Waals surface area contributed by atoms with Gasteiger partial charge in [0.1, 0.15) is 5.82 Å². The Hall–Kier alpha value is -3.21. The molecule has 5 heteroatoms. The lowest BCUT2D eigenvalue weighted by molar-refractivity contribution is 0.0517. The predicted molar refractivity (Wildman–Crippen MR) is 107 cm³/mol. The number of allylic oxidation sites excluding steroid dienone is 1. The molecular weight excluding hydrogens is 355 g/mol. The molecule has 0 amide bonds. The summed E-state index contributed by atoms with van der Waals surface area (Å²) in [6.07, 6.45) is 4.72. The van der Waals surface area contributed by atoms with Crippen molar-refractivity contribution in [1.29, 1.82) is 0 Å². The maximum atomic E-state index is 13.4. The van der Waals surface area contributed by atoms with E-state index < -0.39 is 5.97 Å². The molecule has 142 valence electrons. The molecule has 1 aromatic heterocycles. The van der Waals surface area contributed by atoms with E-state index in [-0.39, 0.29) is 5.82 Å². The molecule has 28 heavy (non-hydrogen) atoms. The van der Waals surface area contributed by atoms with Crippen LogP contribution in [-0.2, 0) is 11.2 Å². The molecule has 3 aromatic rings. The number of carbonyl (C=O) groups excluding carboxylic acids is 1. The molecule has 0 unspecified atom stereocenters. The largest absolute Gasteiger partial charge is 0.461 e. The summed E-state index contributed by atoms with van der Waals surface area (Å²) in [5.41, 5.74) is 5.07. The molecule has 4 rings (SSSR count). The highest BCUT2D eigenvalue weighted by Gasteiger charge is 2.29. The van der Waals surface area contributed by atoms with Gasteiger partial charge >= 0.3 is 5.97 Å². The highest BCUT2D eigenvalue weighted by Crippen LogP contribution is 2.36. The minimum Gasteiger partial charge on any atom is -0.461 e. The first-order chi connectivity index (χ1) is 13.7. The number of hydrogen-bond acceptors (Lipinski definition) is 3. The molecule has 2 aromatic carbocycles. The van der Waals surface area contributed by atoms with Crippen molar-refractivity contribution in [2.24, 2.45) is 0 Å². The fourth-order valence-corrected chi connectivity index (χ4v) is 3.61. The maximum absolute atomic E-state index is 13.4. The van der Waals surface area contributed by atoms with E-state index in [9.17, 15) is 9.18 Å². The molecular formula is C23H21FN2O2. The van der Waals surface area contributed by atoms with Crippen LogP contribution >= 0.6 is 0 Å². The van der Waals surface area contributed by atoms with Crippen LogP contribution < -0.4 is 0 Å². The zero-order chi connectivity index (χ0) is 19.5. The van der Waals surface area contributed by atoms with Crippen LogP contribution in [0.15, 0.2) is 54.6 Å². The maximum Gasteiger partial charge on any atom is 0.359 e. The number of esters is 1. The highest BCUT2D eigenvalue weighted by molar-refractivity contribution is 5.93. The van der Waals surface area contributed by atoms with E-state index in [1.54, 1.807) is 23.7 Å². The number of aromatic nitrogens is 2. The summed E-state index contributed by atoms with van der Waals surface area (Å²) in [5, 5.41) is 4.58. The van der Waals surface area contributed by atoms with Crippen molar-refractivity contribution in [3.8, 4) is 5.69 Å². The second kappa shape index (κ2) is 7.80. The lowest BCUT2D eigenvalue weighted by atomic mass is 9.89. The van der Waals surface area contributed by atoms with Crippen molar-refractivity contribution >= 4 is 17.6 Å². The van der Waals surface area contributed by atoms with E-state index in [1.807, 2.05) is 30.3 Å². The van der Waals surface area contributed by atoms with Crippen LogP contribution in [0, 0.1) is 5.82 Å². The Morgan fingerprint density at radius 1 is 1.14 bits per heavy atom. The van der Waals surface area contributed by atoms with Gasteiger partial charge in [-0.1, -0.05) is 30.3 Å². The third-order valence-corrected chi connectivity index (χ3v) is 4.84. The molecule has 0 N–H and O–H groups in total. The molecule has 1 aliphatic rings. The summed E-state index contributed by atoms with van der Waals surface area (Å²) >= 11 is 0. The number of fused-ring (bicyclic) bond motifs is 1. The van der Waals surface area contributed by atoms with E-state index in [0.29, 0.717) is 18.0 Å². The lowest BCUT2D eigenvalue weighted by Gasteiger charge is -2.18. The second-order valence-electron chi connectivity index (χ2n) is 6.72. The lowest BCUT2D eigenvalue weighted by Crippen LogP contribution is -2.10. The highest BCUT2D eigenvalue weighted by atomic mass is 19.1. The number of rotatable bonds is 4. The number of ether oxygens (including phenoxy) is 1. The van der Waals surface area contributed by atoms with Gasteiger partial charge in [-0.3, -0.25) is 0 Å². The Morgan fingerprint density at radius 3 is 2.61 bits per heavy atom. The molecule has 0 fully saturated rings. The van der Waals surface area contributed by atoms with Crippen LogP contribution in [0.2, 0.25) is 0 Å². The number of carbonyl (C=O) groups is 1. The van der Waals surface area contributed by atoms with Gasteiger partial charge in [-0.25, -0.2) is 13.9 Å². The third-order valence-electron chi connectivity index (χ3n) is 4.84. The minimum absolute atomic E-state index is 0.295. The van der Waals surface area contributed by atoms with E-state index in [4.69, 9.17) is 4.74 Å². The molecule has 0 saturated carbocycles. The molecule has 0 radical (unpaired) electrons. The Morgan fingerprint density at radius 2 is 1.89 bits per heavy atom. The first-order valence-electron chi connectivity index (χ1n) is 9.48. The molecule has 0 spiro atoms. The average molecular weight is 376 g/mol. The van der Waals surface area contributed by atoms with Crippen molar-refractivity contribution in [1.82, 2.24) is 9.78 Å². The summed E-state index contributed by atoms with van der Waals surface area (Å²) in [6, 6.07) is 16.2. The number of halogens is 1. The van der Waals surface area contributed by atoms with Gasteiger partial charge in [0.15, 0.2) is 5.69 Å². The minimum atomic E-state index is -0.416. The summed E-state index contributed by atoms with van der Waals surface area (Å²) in [7, 11) is 0. The van der Waals surface area contributed by atoms with Gasteiger partial charge in [0, 0.05) is 5.56 Å². The van der Waals surface area contributed by atoms with Crippen molar-refractivity contribution in [3.63, 3.8) is 0 Å². The van der Waals surface area contributed by atoms with Gasteiger partial charge in [0.2, 0.25) is 0 Å². The van der Waals surface area contributed by atoms with E-state index in [1.165, 1.54) is 12.1 Å². The monoisotopic (exact) mass is 376 g/mol. The quantitative estimate of drug-likeness (QED) is 0.598. The standard InChI is InChI=1S/C23H21FN2O2/c1-2-28-23(27)21-20-10-6-9-17(15-16-7-4-3-5-8-16)22(20)26(25-21)19-13-11-18(24)12-14-19/h3-5,7-8,11-15H,2,6,9-10H2,1H3. The summed E-state index contributed by atoms with van der Waals surface area (Å²) in [5.74, 6) is -0.726. The molecule has 0 aliphatic heterocycles. The van der Waals surface area contributed by atoms with Gasteiger partial charge in [-0.2, -0.15) is 5.10 Å². The van der Waals surface area contributed by atoms with Crippen molar-refractivity contribution < 1.29 is 13.9 Å². The first kappa shape index (κ1) is 18.2. The normalized spacial score (nSPS) is 14.7. The first-order valence-corrected chi connectivity index (χ1v) is 9.48. The summed E-state index contributed by atoms with van der Waals surface area (Å²) in [6.45, 7) is 2.08. The van der Waals surface area contributed by atoms with Crippen LogP contribution in [0.5, 0.6) is 0 Å². The Labute approximate surface area is 163 Å². The summed E-state index contributed by atoms with van der Waals surface area (Å²) in [4.78, 5) is 12.5. The topological polar surface area (TPSA) is 44.1 Å². The van der Waals surface area contributed by atoms with Gasteiger partial charge in [-0.05, 0) is 67.7 Å². The van der Waals surface area contributed by atoms with Gasteiger partial charge in [0.05, 0.1) is 18.0 Å². The van der Waals surface area contributed by atoms with Gasteiger partial charge in [0.25, 0.3) is 0 Å². The fraction of sp³-hybridized carbons (Fsp3) is 0.217. The van der Waals surface area contributed by atoms with Crippen LogP contribution in [0.4, 0.5) is 4.39 Å². The molecule has 0 atom stereocenters. The Balaban J connectivity index is 1.90. The van der Waals surface area contributed by atoms with Crippen LogP contribution in [-0.4, -0.2) is 22.4 Å². The van der Waals surface area contributed by atoms with Crippen molar-refractivity contribution in [2.45, 2.75) is 26.2 Å². The number of benzene rings is 2. The molecule has 0 bridgehead atoms. The smallest absolute Gasteiger partial charge is 0.359 e. The SMILES string of the molecule is CCOC(=O)c1nn(-c2ccc(F)cc2)c2c1CCCC2=Cc1ccccc1. The van der Waals surface area contributed by atoms with E-state index in [0.717, 1.165) is 41.7 Å².